The number of aromatic nitrogens is 1. The highest BCUT2D eigenvalue weighted by Gasteiger charge is 2.35. The molecule has 8 nitrogen and oxygen atoms in total. The second-order valence-electron chi connectivity index (χ2n) is 8.36. The molecule has 0 spiro atoms. The minimum Gasteiger partial charge on any atom is -0.360 e. The molecule has 1 amide bonds. The third kappa shape index (κ3) is 4.67. The molecule has 1 saturated carbocycles. The summed E-state index contributed by atoms with van der Waals surface area (Å²) in [7, 11) is -1.73. The molecule has 164 valence electrons. The van der Waals surface area contributed by atoms with E-state index in [0.717, 1.165) is 12.8 Å². The van der Waals surface area contributed by atoms with Gasteiger partial charge in [-0.1, -0.05) is 24.4 Å². The van der Waals surface area contributed by atoms with Crippen LogP contribution in [0.1, 0.15) is 56.9 Å². The van der Waals surface area contributed by atoms with Crippen molar-refractivity contribution in [2.24, 2.45) is 0 Å². The van der Waals surface area contributed by atoms with Gasteiger partial charge in [-0.25, -0.2) is 8.42 Å². The Hall–Kier alpha value is -1.45. The summed E-state index contributed by atoms with van der Waals surface area (Å²) in [6, 6.07) is 0.0886. The summed E-state index contributed by atoms with van der Waals surface area (Å²) in [6.07, 6.45) is 6.49. The van der Waals surface area contributed by atoms with Crippen LogP contribution in [0.2, 0.25) is 0 Å². The zero-order valence-corrected chi connectivity index (χ0v) is 18.9. The Balaban J connectivity index is 1.65. The van der Waals surface area contributed by atoms with Crippen LogP contribution >= 0.6 is 0 Å². The van der Waals surface area contributed by atoms with Crippen LogP contribution in [0.25, 0.3) is 0 Å². The maximum absolute atomic E-state index is 13.1. The summed E-state index contributed by atoms with van der Waals surface area (Å²) < 4.78 is 32.8. The van der Waals surface area contributed by atoms with Gasteiger partial charge in [-0.15, -0.1) is 0 Å². The van der Waals surface area contributed by atoms with Crippen molar-refractivity contribution in [2.45, 2.75) is 76.3 Å². The third-order valence-corrected chi connectivity index (χ3v) is 8.57. The largest absolute Gasteiger partial charge is 0.360 e. The van der Waals surface area contributed by atoms with E-state index in [9.17, 15) is 13.2 Å². The second kappa shape index (κ2) is 9.14. The quantitative estimate of drug-likeness (QED) is 0.717. The molecule has 0 bridgehead atoms. The number of aryl methyl sites for hydroxylation is 2. The molecule has 0 aromatic carbocycles. The molecule has 1 unspecified atom stereocenters. The molecule has 2 heterocycles. The molecule has 3 rings (SSSR count). The summed E-state index contributed by atoms with van der Waals surface area (Å²) in [4.78, 5) is 17.3. The molecule has 1 aromatic heterocycles. The van der Waals surface area contributed by atoms with Crippen LogP contribution in [0.4, 0.5) is 0 Å². The summed E-state index contributed by atoms with van der Waals surface area (Å²) in [6.45, 7) is 7.25. The summed E-state index contributed by atoms with van der Waals surface area (Å²) >= 11 is 0. The van der Waals surface area contributed by atoms with Crippen molar-refractivity contribution >= 4 is 15.9 Å². The molecule has 1 atom stereocenters. The van der Waals surface area contributed by atoms with Crippen molar-refractivity contribution in [3.63, 3.8) is 0 Å². The number of carbonyl (C=O) groups is 1. The molecule has 2 aliphatic rings. The molecule has 0 radical (unpaired) electrons. The molecule has 0 N–H and O–H groups in total. The van der Waals surface area contributed by atoms with Crippen molar-refractivity contribution in [3.05, 3.63) is 11.5 Å². The summed E-state index contributed by atoms with van der Waals surface area (Å²) in [5, 5.41) is 3.79. The van der Waals surface area contributed by atoms with E-state index in [4.69, 9.17) is 4.52 Å². The Labute approximate surface area is 174 Å². The molecular formula is C20H34N4O4S. The average Bonchev–Trinajstić information content (AvgIpc) is 2.91. The number of amides is 1. The third-order valence-electron chi connectivity index (χ3n) is 6.43. The van der Waals surface area contributed by atoms with Gasteiger partial charge in [0.1, 0.15) is 10.6 Å². The second-order valence-corrected chi connectivity index (χ2v) is 10.2. The van der Waals surface area contributed by atoms with Crippen molar-refractivity contribution < 1.29 is 17.7 Å². The number of rotatable bonds is 5. The first-order valence-corrected chi connectivity index (χ1v) is 12.1. The normalized spacial score (nSPS) is 21.7. The van der Waals surface area contributed by atoms with Gasteiger partial charge < -0.3 is 9.42 Å². The Kier molecular flexibility index (Phi) is 7.01. The van der Waals surface area contributed by atoms with Gasteiger partial charge in [0.25, 0.3) is 0 Å². The molecule has 9 heteroatoms. The predicted octanol–water partition coefficient (Wildman–Crippen LogP) is 2.17. The number of likely N-dealkylation sites (N-methyl/N-ethyl adjacent to an activating group) is 1. The Morgan fingerprint density at radius 3 is 2.41 bits per heavy atom. The van der Waals surface area contributed by atoms with Crippen molar-refractivity contribution in [3.8, 4) is 0 Å². The molecule has 1 aromatic rings. The van der Waals surface area contributed by atoms with Crippen LogP contribution in [0.5, 0.6) is 0 Å². The smallest absolute Gasteiger partial charge is 0.248 e. The van der Waals surface area contributed by atoms with Gasteiger partial charge in [-0.2, -0.15) is 4.31 Å². The lowest BCUT2D eigenvalue weighted by Crippen LogP contribution is -2.50. The zero-order valence-electron chi connectivity index (χ0n) is 18.1. The predicted molar refractivity (Wildman–Crippen MR) is 110 cm³/mol. The van der Waals surface area contributed by atoms with Gasteiger partial charge in [0.05, 0.1) is 6.04 Å². The number of hydrogen-bond donors (Lipinski definition) is 0. The number of carbonyl (C=O) groups excluding carboxylic acids is 1. The van der Waals surface area contributed by atoms with Crippen molar-refractivity contribution in [1.82, 2.24) is 19.3 Å². The molecular weight excluding hydrogens is 392 g/mol. The van der Waals surface area contributed by atoms with Crippen LogP contribution in [-0.2, 0) is 14.8 Å². The monoisotopic (exact) mass is 426 g/mol. The van der Waals surface area contributed by atoms with Crippen LogP contribution in [0.15, 0.2) is 9.42 Å². The first-order valence-electron chi connectivity index (χ1n) is 10.7. The van der Waals surface area contributed by atoms with E-state index in [1.54, 1.807) is 13.8 Å². The highest BCUT2D eigenvalue weighted by molar-refractivity contribution is 7.89. The van der Waals surface area contributed by atoms with Gasteiger partial charge in [-0.05, 0) is 40.0 Å². The van der Waals surface area contributed by atoms with Crippen LogP contribution in [0.3, 0.4) is 0 Å². The van der Waals surface area contributed by atoms with E-state index in [2.05, 4.69) is 10.1 Å². The van der Waals surface area contributed by atoms with Gasteiger partial charge in [-0.3, -0.25) is 9.69 Å². The Morgan fingerprint density at radius 1 is 1.10 bits per heavy atom. The molecule has 1 saturated heterocycles. The fourth-order valence-electron chi connectivity index (χ4n) is 4.61. The van der Waals surface area contributed by atoms with E-state index in [1.165, 1.54) is 23.6 Å². The zero-order chi connectivity index (χ0) is 21.2. The maximum atomic E-state index is 13.1. The summed E-state index contributed by atoms with van der Waals surface area (Å²) in [5.41, 5.74) is 0.390. The first kappa shape index (κ1) is 22.2. The molecule has 1 aliphatic carbocycles. The van der Waals surface area contributed by atoms with Gasteiger partial charge in [0.15, 0.2) is 5.76 Å². The van der Waals surface area contributed by atoms with Gasteiger partial charge in [0.2, 0.25) is 15.9 Å². The van der Waals surface area contributed by atoms with Crippen LogP contribution in [-0.4, -0.2) is 78.9 Å². The number of sulfonamides is 1. The number of nitrogens with zero attached hydrogens (tertiary/aromatic N) is 4. The average molecular weight is 427 g/mol. The molecule has 1 aliphatic heterocycles. The van der Waals surface area contributed by atoms with Gasteiger partial charge >= 0.3 is 0 Å². The lowest BCUT2D eigenvalue weighted by Gasteiger charge is -2.36. The van der Waals surface area contributed by atoms with Crippen LogP contribution < -0.4 is 0 Å². The van der Waals surface area contributed by atoms with E-state index < -0.39 is 10.0 Å². The standard InChI is InChI=1S/C20H34N4O4S/c1-15-19(17(3)28-21-15)29(26,27)24-12-8-11-23(13-14-24)16(2)20(25)22(4)18-9-6-5-7-10-18/h16,18H,5-14H2,1-4H3. The molecule has 2 fully saturated rings. The maximum Gasteiger partial charge on any atom is 0.248 e. The fraction of sp³-hybridized carbons (Fsp3) is 0.800. The van der Waals surface area contributed by atoms with E-state index in [-0.39, 0.29) is 16.8 Å². The van der Waals surface area contributed by atoms with E-state index in [1.807, 2.05) is 18.9 Å². The topological polar surface area (TPSA) is 87.0 Å². The Bertz CT molecular complexity index is 797. The SMILES string of the molecule is Cc1noc(C)c1S(=O)(=O)N1CCCN(C(C)C(=O)N(C)C2CCCCC2)CC1. The lowest BCUT2D eigenvalue weighted by molar-refractivity contribution is -0.137. The molecule has 29 heavy (non-hydrogen) atoms. The highest BCUT2D eigenvalue weighted by atomic mass is 32.2. The lowest BCUT2D eigenvalue weighted by atomic mass is 9.94. The van der Waals surface area contributed by atoms with E-state index >= 15 is 0 Å². The van der Waals surface area contributed by atoms with Crippen molar-refractivity contribution in [2.75, 3.05) is 33.2 Å². The first-order chi connectivity index (χ1) is 13.7. The Morgan fingerprint density at radius 2 is 1.79 bits per heavy atom. The van der Waals surface area contributed by atoms with Gasteiger partial charge in [0, 0.05) is 39.3 Å². The van der Waals surface area contributed by atoms with Crippen LogP contribution in [0, 0.1) is 13.8 Å². The van der Waals surface area contributed by atoms with E-state index in [0.29, 0.717) is 50.1 Å². The summed E-state index contributed by atoms with van der Waals surface area (Å²) in [5.74, 6) is 0.459. The minimum atomic E-state index is -3.65. The number of hydrogen-bond acceptors (Lipinski definition) is 6. The minimum absolute atomic E-state index is 0.138. The van der Waals surface area contributed by atoms with Crippen molar-refractivity contribution in [1.29, 1.82) is 0 Å². The fourth-order valence-corrected chi connectivity index (χ4v) is 6.37. The highest BCUT2D eigenvalue weighted by Crippen LogP contribution is 2.25.